The fourth-order valence-corrected chi connectivity index (χ4v) is 2.30. The summed E-state index contributed by atoms with van der Waals surface area (Å²) in [6.45, 7) is -1.06. The predicted octanol–water partition coefficient (Wildman–Crippen LogP) is 1.81. The van der Waals surface area contributed by atoms with E-state index in [1.54, 1.807) is 12.1 Å². The van der Waals surface area contributed by atoms with Crippen molar-refractivity contribution >= 4 is 22.6 Å². The Labute approximate surface area is 126 Å². The van der Waals surface area contributed by atoms with E-state index in [1.165, 1.54) is 13.1 Å². The van der Waals surface area contributed by atoms with E-state index >= 15 is 0 Å². The number of nitrogens with zero attached hydrogens (tertiary/aromatic N) is 2. The van der Waals surface area contributed by atoms with Crippen molar-refractivity contribution in [1.82, 2.24) is 9.13 Å². The minimum Gasteiger partial charge on any atom is -0.269 e. The molecule has 0 atom stereocenters. The monoisotopic (exact) mass is 392 g/mol. The summed E-state index contributed by atoms with van der Waals surface area (Å²) in [5.41, 5.74) is -0.831. The van der Waals surface area contributed by atoms with Gasteiger partial charge < -0.3 is 0 Å². The van der Waals surface area contributed by atoms with Crippen LogP contribution in [0.1, 0.15) is 11.3 Å². The second kappa shape index (κ2) is 5.86. The van der Waals surface area contributed by atoms with Crippen LogP contribution in [-0.4, -0.2) is 9.13 Å². The second-order valence-electron chi connectivity index (χ2n) is 4.28. The van der Waals surface area contributed by atoms with Crippen molar-refractivity contribution in [3.8, 4) is 0 Å². The van der Waals surface area contributed by atoms with Crippen LogP contribution in [0.5, 0.6) is 0 Å². The van der Waals surface area contributed by atoms with E-state index in [-0.39, 0.29) is 12.1 Å². The molecule has 0 aliphatic heterocycles. The van der Waals surface area contributed by atoms with Crippen LogP contribution >= 0.6 is 22.6 Å². The maximum Gasteiger partial charge on any atom is 0.333 e. The molecule has 0 unspecified atom stereocenters. The van der Waals surface area contributed by atoms with Gasteiger partial charge in [0.1, 0.15) is 5.82 Å². The smallest absolute Gasteiger partial charge is 0.269 e. The average molecular weight is 392 g/mol. The Balaban J connectivity index is 2.54. The van der Waals surface area contributed by atoms with Crippen molar-refractivity contribution in [2.45, 2.75) is 13.2 Å². The van der Waals surface area contributed by atoms with Gasteiger partial charge in [-0.25, -0.2) is 13.6 Å². The Morgan fingerprint density at radius 2 is 1.95 bits per heavy atom. The quantitative estimate of drug-likeness (QED) is 0.749. The Bertz CT molecular complexity index is 768. The number of rotatable bonds is 3. The zero-order valence-corrected chi connectivity index (χ0v) is 12.7. The molecule has 0 fully saturated rings. The number of aromatic nitrogens is 2. The van der Waals surface area contributed by atoms with Gasteiger partial charge in [0.25, 0.3) is 5.56 Å². The minimum atomic E-state index is -1.06. The summed E-state index contributed by atoms with van der Waals surface area (Å²) in [6, 6.07) is 5.76. The van der Waals surface area contributed by atoms with Crippen LogP contribution in [0.15, 0.2) is 33.9 Å². The SMILES string of the molecule is Cn1c(=O)cc(Cc2ccc(I)cc2F)n(CF)c1=O. The first-order valence-corrected chi connectivity index (χ1v) is 6.81. The molecule has 0 N–H and O–H groups in total. The van der Waals surface area contributed by atoms with Crippen molar-refractivity contribution < 1.29 is 8.78 Å². The van der Waals surface area contributed by atoms with Gasteiger partial charge in [0.15, 0.2) is 6.80 Å². The van der Waals surface area contributed by atoms with Crippen LogP contribution in [0.4, 0.5) is 8.78 Å². The predicted molar refractivity (Wildman–Crippen MR) is 79.0 cm³/mol. The molecule has 0 saturated carbocycles. The Hall–Kier alpha value is -1.51. The van der Waals surface area contributed by atoms with Gasteiger partial charge in [0.05, 0.1) is 0 Å². The van der Waals surface area contributed by atoms with Crippen LogP contribution in [0.3, 0.4) is 0 Å². The number of hydrogen-bond acceptors (Lipinski definition) is 2. The molecule has 0 radical (unpaired) electrons. The van der Waals surface area contributed by atoms with E-state index in [4.69, 9.17) is 0 Å². The van der Waals surface area contributed by atoms with Gasteiger partial charge in [-0.3, -0.25) is 13.9 Å². The lowest BCUT2D eigenvalue weighted by Gasteiger charge is -2.11. The fourth-order valence-electron chi connectivity index (χ4n) is 1.85. The first kappa shape index (κ1) is 14.9. The molecule has 7 heteroatoms. The summed E-state index contributed by atoms with van der Waals surface area (Å²) in [5.74, 6) is -0.449. The molecule has 1 aromatic carbocycles. The van der Waals surface area contributed by atoms with Crippen molar-refractivity contribution in [2.75, 3.05) is 0 Å². The van der Waals surface area contributed by atoms with Gasteiger partial charge >= 0.3 is 5.69 Å². The number of halogens is 3. The molecule has 0 saturated heterocycles. The molecule has 0 bridgehead atoms. The van der Waals surface area contributed by atoms with E-state index < -0.39 is 23.9 Å². The molecule has 4 nitrogen and oxygen atoms in total. The highest BCUT2D eigenvalue weighted by Gasteiger charge is 2.12. The first-order chi connectivity index (χ1) is 9.43. The topological polar surface area (TPSA) is 44.0 Å². The van der Waals surface area contributed by atoms with Gasteiger partial charge in [-0.05, 0) is 40.3 Å². The third-order valence-electron chi connectivity index (χ3n) is 2.99. The second-order valence-corrected chi connectivity index (χ2v) is 5.52. The van der Waals surface area contributed by atoms with E-state index in [2.05, 4.69) is 0 Å². The Morgan fingerprint density at radius 3 is 2.55 bits per heavy atom. The molecule has 20 heavy (non-hydrogen) atoms. The molecule has 0 amide bonds. The van der Waals surface area contributed by atoms with Crippen LogP contribution in [0.2, 0.25) is 0 Å². The molecular formula is C13H11F2IN2O2. The molecule has 106 valence electrons. The van der Waals surface area contributed by atoms with E-state index in [1.807, 2.05) is 22.6 Å². The fraction of sp³-hybridized carbons (Fsp3) is 0.231. The highest BCUT2D eigenvalue weighted by Crippen LogP contribution is 2.15. The summed E-state index contributed by atoms with van der Waals surface area (Å²) >= 11 is 1.97. The number of hydrogen-bond donors (Lipinski definition) is 0. The number of alkyl halides is 1. The third-order valence-corrected chi connectivity index (χ3v) is 3.66. The molecule has 1 heterocycles. The Morgan fingerprint density at radius 1 is 1.25 bits per heavy atom. The molecular weight excluding hydrogens is 381 g/mol. The molecule has 0 aliphatic carbocycles. The van der Waals surface area contributed by atoms with Crippen molar-refractivity contribution in [2.24, 2.45) is 7.05 Å². The summed E-state index contributed by atoms with van der Waals surface area (Å²) < 4.78 is 29.1. The van der Waals surface area contributed by atoms with E-state index in [0.717, 1.165) is 18.8 Å². The van der Waals surface area contributed by atoms with Crippen molar-refractivity contribution in [3.63, 3.8) is 0 Å². The van der Waals surface area contributed by atoms with Crippen LogP contribution in [0.25, 0.3) is 0 Å². The van der Waals surface area contributed by atoms with Crippen molar-refractivity contribution in [3.05, 3.63) is 65.7 Å². The average Bonchev–Trinajstić information content (AvgIpc) is 2.40. The van der Waals surface area contributed by atoms with E-state index in [9.17, 15) is 18.4 Å². The van der Waals surface area contributed by atoms with E-state index in [0.29, 0.717) is 5.56 Å². The van der Waals surface area contributed by atoms with Crippen LogP contribution in [0, 0.1) is 9.39 Å². The first-order valence-electron chi connectivity index (χ1n) is 5.73. The highest BCUT2D eigenvalue weighted by molar-refractivity contribution is 14.1. The molecule has 2 aromatic rings. The van der Waals surface area contributed by atoms with Crippen molar-refractivity contribution in [1.29, 1.82) is 0 Å². The lowest BCUT2D eigenvalue weighted by atomic mass is 10.1. The molecule has 0 spiro atoms. The lowest BCUT2D eigenvalue weighted by Crippen LogP contribution is -2.39. The molecule has 1 aromatic heterocycles. The van der Waals surface area contributed by atoms with Gasteiger partial charge in [-0.15, -0.1) is 0 Å². The largest absolute Gasteiger partial charge is 0.333 e. The molecule has 2 rings (SSSR count). The van der Waals surface area contributed by atoms with Crippen LogP contribution < -0.4 is 11.2 Å². The van der Waals surface area contributed by atoms with Gasteiger partial charge in [-0.2, -0.15) is 0 Å². The van der Waals surface area contributed by atoms with Gasteiger partial charge in [-0.1, -0.05) is 6.07 Å². The third kappa shape index (κ3) is 2.82. The standard InChI is InChI=1S/C13H11F2IN2O2/c1-17-12(19)6-10(18(7-14)13(17)20)4-8-2-3-9(16)5-11(8)15/h2-3,5-6H,4,7H2,1H3. The minimum absolute atomic E-state index is 0.0159. The van der Waals surface area contributed by atoms with Gasteiger partial charge in [0, 0.05) is 28.8 Å². The summed E-state index contributed by atoms with van der Waals surface area (Å²) in [6.07, 6.45) is -0.0159. The maximum atomic E-state index is 13.8. The normalized spacial score (nSPS) is 10.8. The zero-order chi connectivity index (χ0) is 14.9. The Kier molecular flexibility index (Phi) is 4.36. The summed E-state index contributed by atoms with van der Waals surface area (Å²) in [7, 11) is 1.27. The molecule has 0 aliphatic rings. The van der Waals surface area contributed by atoms with Crippen LogP contribution in [-0.2, 0) is 20.3 Å². The maximum absolute atomic E-state index is 13.8. The highest BCUT2D eigenvalue weighted by atomic mass is 127. The number of benzene rings is 1. The summed E-state index contributed by atoms with van der Waals surface area (Å²) in [4.78, 5) is 23.4. The summed E-state index contributed by atoms with van der Waals surface area (Å²) in [5, 5.41) is 0. The van der Waals surface area contributed by atoms with Gasteiger partial charge in [0.2, 0.25) is 0 Å². The zero-order valence-electron chi connectivity index (χ0n) is 10.6. The lowest BCUT2D eigenvalue weighted by molar-refractivity contribution is 0.350.